The zero-order valence-electron chi connectivity index (χ0n) is 11.7. The van der Waals surface area contributed by atoms with Gasteiger partial charge in [-0.25, -0.2) is 0 Å². The number of methoxy groups -OCH3 is 1. The van der Waals surface area contributed by atoms with Gasteiger partial charge in [0.2, 0.25) is 0 Å². The van der Waals surface area contributed by atoms with Gasteiger partial charge in [0.25, 0.3) is 0 Å². The molecule has 0 aromatic heterocycles. The van der Waals surface area contributed by atoms with Crippen molar-refractivity contribution in [2.24, 2.45) is 0 Å². The molecule has 0 spiro atoms. The number of aliphatic hydroxyl groups is 3. The van der Waals surface area contributed by atoms with E-state index in [1.807, 2.05) is 0 Å². The van der Waals surface area contributed by atoms with E-state index in [0.29, 0.717) is 6.61 Å². The van der Waals surface area contributed by atoms with Crippen molar-refractivity contribution in [2.75, 3.05) is 20.3 Å². The van der Waals surface area contributed by atoms with E-state index in [1.165, 1.54) is 20.0 Å². The summed E-state index contributed by atoms with van der Waals surface area (Å²) in [5.41, 5.74) is 0. The average Bonchev–Trinajstić information content (AvgIpc) is 2.42. The van der Waals surface area contributed by atoms with Crippen molar-refractivity contribution in [1.29, 1.82) is 0 Å². The molecule has 0 radical (unpaired) electrons. The second kappa shape index (κ2) is 8.84. The van der Waals surface area contributed by atoms with Crippen LogP contribution in [-0.4, -0.2) is 66.3 Å². The maximum absolute atomic E-state index is 9.79. The largest absolute Gasteiger partial charge is 0.387 e. The first-order chi connectivity index (χ1) is 9.11. The molecule has 5 atom stereocenters. The smallest absolute Gasteiger partial charge is 0.186 e. The normalized spacial score (nSPS) is 35.5. The van der Waals surface area contributed by atoms with Crippen LogP contribution < -0.4 is 0 Å². The zero-order chi connectivity index (χ0) is 14.3. The summed E-state index contributed by atoms with van der Waals surface area (Å²) in [6.45, 7) is 2.92. The summed E-state index contributed by atoms with van der Waals surface area (Å²) in [5, 5.41) is 29.1. The third-order valence-electron chi connectivity index (χ3n) is 3.33. The summed E-state index contributed by atoms with van der Waals surface area (Å²) >= 11 is 0. The number of unbranched alkanes of at least 4 members (excludes halogenated alkanes) is 3. The molecule has 0 aromatic carbocycles. The minimum atomic E-state index is -1.28. The first-order valence-corrected chi connectivity index (χ1v) is 6.92. The predicted octanol–water partition coefficient (Wildman–Crippen LogP) is 0.0373. The monoisotopic (exact) mass is 278 g/mol. The van der Waals surface area contributed by atoms with E-state index in [2.05, 4.69) is 6.92 Å². The molecule has 19 heavy (non-hydrogen) atoms. The SMILES string of the molecule is CCCCCCOCC1O[C@H](OC)C(O)[C@@H](O)[C@@H]1O. The van der Waals surface area contributed by atoms with Crippen LogP contribution in [0.4, 0.5) is 0 Å². The van der Waals surface area contributed by atoms with Crippen molar-refractivity contribution in [1.82, 2.24) is 0 Å². The topological polar surface area (TPSA) is 88.4 Å². The number of ether oxygens (including phenoxy) is 3. The van der Waals surface area contributed by atoms with Gasteiger partial charge < -0.3 is 29.5 Å². The van der Waals surface area contributed by atoms with Crippen molar-refractivity contribution in [3.63, 3.8) is 0 Å². The quantitative estimate of drug-likeness (QED) is 0.543. The highest BCUT2D eigenvalue weighted by molar-refractivity contribution is 4.88. The summed E-state index contributed by atoms with van der Waals surface area (Å²) in [7, 11) is 1.38. The van der Waals surface area contributed by atoms with Gasteiger partial charge in [-0.3, -0.25) is 0 Å². The molecule has 0 bridgehead atoms. The number of rotatable bonds is 8. The van der Waals surface area contributed by atoms with Crippen molar-refractivity contribution in [3.05, 3.63) is 0 Å². The van der Waals surface area contributed by atoms with Gasteiger partial charge in [0.15, 0.2) is 6.29 Å². The Balaban J connectivity index is 2.28. The molecule has 0 amide bonds. The molecule has 3 N–H and O–H groups in total. The van der Waals surface area contributed by atoms with E-state index in [9.17, 15) is 15.3 Å². The molecule has 1 aliphatic heterocycles. The summed E-state index contributed by atoms with van der Waals surface area (Å²) < 4.78 is 15.7. The Bertz CT molecular complexity index is 235. The fourth-order valence-corrected chi connectivity index (χ4v) is 2.08. The third kappa shape index (κ3) is 4.98. The summed E-state index contributed by atoms with van der Waals surface area (Å²) in [5.74, 6) is 0. The lowest BCUT2D eigenvalue weighted by Gasteiger charge is -2.39. The minimum Gasteiger partial charge on any atom is -0.387 e. The molecule has 1 rings (SSSR count). The Labute approximate surface area is 114 Å². The zero-order valence-corrected chi connectivity index (χ0v) is 11.7. The lowest BCUT2D eigenvalue weighted by molar-refractivity contribution is -0.296. The Kier molecular flexibility index (Phi) is 7.82. The van der Waals surface area contributed by atoms with Crippen LogP contribution in [-0.2, 0) is 14.2 Å². The fourth-order valence-electron chi connectivity index (χ4n) is 2.08. The van der Waals surface area contributed by atoms with Crippen LogP contribution in [0.3, 0.4) is 0 Å². The maximum atomic E-state index is 9.79. The third-order valence-corrected chi connectivity index (χ3v) is 3.33. The molecular weight excluding hydrogens is 252 g/mol. The first kappa shape index (κ1) is 16.8. The van der Waals surface area contributed by atoms with Gasteiger partial charge in [0.05, 0.1) is 6.61 Å². The van der Waals surface area contributed by atoms with E-state index >= 15 is 0 Å². The van der Waals surface area contributed by atoms with Crippen molar-refractivity contribution >= 4 is 0 Å². The van der Waals surface area contributed by atoms with Crippen LogP contribution in [0.2, 0.25) is 0 Å². The van der Waals surface area contributed by atoms with E-state index < -0.39 is 30.7 Å². The van der Waals surface area contributed by atoms with Crippen LogP contribution >= 0.6 is 0 Å². The van der Waals surface area contributed by atoms with Gasteiger partial charge in [0.1, 0.15) is 24.4 Å². The summed E-state index contributed by atoms with van der Waals surface area (Å²) in [6, 6.07) is 0. The molecule has 1 heterocycles. The average molecular weight is 278 g/mol. The fraction of sp³-hybridized carbons (Fsp3) is 1.00. The second-order valence-corrected chi connectivity index (χ2v) is 4.89. The van der Waals surface area contributed by atoms with Gasteiger partial charge in [-0.15, -0.1) is 0 Å². The van der Waals surface area contributed by atoms with Crippen LogP contribution in [0.15, 0.2) is 0 Å². The highest BCUT2D eigenvalue weighted by atomic mass is 16.7. The molecule has 0 aliphatic carbocycles. The molecule has 0 aromatic rings. The van der Waals surface area contributed by atoms with Crippen molar-refractivity contribution < 1.29 is 29.5 Å². The summed E-state index contributed by atoms with van der Waals surface area (Å²) in [4.78, 5) is 0. The molecule has 1 aliphatic rings. The minimum absolute atomic E-state index is 0.178. The molecule has 2 unspecified atom stereocenters. The molecule has 1 saturated heterocycles. The maximum Gasteiger partial charge on any atom is 0.186 e. The first-order valence-electron chi connectivity index (χ1n) is 6.92. The Morgan fingerprint density at radius 3 is 2.37 bits per heavy atom. The lowest BCUT2D eigenvalue weighted by Crippen LogP contribution is -2.59. The van der Waals surface area contributed by atoms with Crippen LogP contribution in [0.25, 0.3) is 0 Å². The van der Waals surface area contributed by atoms with E-state index in [1.54, 1.807) is 0 Å². The highest BCUT2D eigenvalue weighted by Gasteiger charge is 2.43. The molecule has 114 valence electrons. The Morgan fingerprint density at radius 2 is 1.74 bits per heavy atom. The van der Waals surface area contributed by atoms with E-state index in [4.69, 9.17) is 14.2 Å². The predicted molar refractivity (Wildman–Crippen MR) is 68.7 cm³/mol. The van der Waals surface area contributed by atoms with Gasteiger partial charge in [-0.05, 0) is 6.42 Å². The van der Waals surface area contributed by atoms with Crippen molar-refractivity contribution in [3.8, 4) is 0 Å². The van der Waals surface area contributed by atoms with Gasteiger partial charge in [-0.1, -0.05) is 26.2 Å². The second-order valence-electron chi connectivity index (χ2n) is 4.89. The molecule has 1 fully saturated rings. The van der Waals surface area contributed by atoms with Crippen LogP contribution in [0.5, 0.6) is 0 Å². The Hall–Kier alpha value is -0.240. The van der Waals surface area contributed by atoms with Gasteiger partial charge in [0, 0.05) is 13.7 Å². The molecule has 6 heteroatoms. The van der Waals surface area contributed by atoms with E-state index in [0.717, 1.165) is 12.8 Å². The van der Waals surface area contributed by atoms with Crippen molar-refractivity contribution in [2.45, 2.75) is 63.3 Å². The van der Waals surface area contributed by atoms with Gasteiger partial charge in [-0.2, -0.15) is 0 Å². The lowest BCUT2D eigenvalue weighted by atomic mass is 9.99. The van der Waals surface area contributed by atoms with E-state index in [-0.39, 0.29) is 6.61 Å². The number of hydrogen-bond acceptors (Lipinski definition) is 6. The van der Waals surface area contributed by atoms with Crippen LogP contribution in [0.1, 0.15) is 32.6 Å². The Morgan fingerprint density at radius 1 is 1.00 bits per heavy atom. The molecular formula is C13H26O6. The highest BCUT2D eigenvalue weighted by Crippen LogP contribution is 2.21. The number of hydrogen-bond donors (Lipinski definition) is 3. The molecule has 0 saturated carbocycles. The molecule has 6 nitrogen and oxygen atoms in total. The number of aliphatic hydroxyl groups excluding tert-OH is 3. The standard InChI is InChI=1S/C13H26O6/c1-3-4-5-6-7-18-8-9-10(14)11(15)12(16)13(17-2)19-9/h9-16H,3-8H2,1-2H3/t9?,10-,11+,12?,13+/m1/s1. The van der Waals surface area contributed by atoms with Crippen LogP contribution in [0, 0.1) is 0 Å². The summed E-state index contributed by atoms with van der Waals surface area (Å²) in [6.07, 6.45) is -0.888. The van der Waals surface area contributed by atoms with Gasteiger partial charge >= 0.3 is 0 Å².